The first-order chi connectivity index (χ1) is 15.5. The molecule has 6 nitrogen and oxygen atoms in total. The van der Waals surface area contributed by atoms with Crippen LogP contribution in [0.2, 0.25) is 0 Å². The zero-order valence-electron chi connectivity index (χ0n) is 20.9. The minimum atomic E-state index is -0.482. The van der Waals surface area contributed by atoms with Gasteiger partial charge in [-0.3, -0.25) is 19.2 Å². The van der Waals surface area contributed by atoms with Gasteiger partial charge in [-0.25, -0.2) is 0 Å². The summed E-state index contributed by atoms with van der Waals surface area (Å²) in [7, 11) is 1.41. The van der Waals surface area contributed by atoms with Crippen LogP contribution in [0, 0.1) is 46.3 Å². The average molecular weight is 461 g/mol. The lowest BCUT2D eigenvalue weighted by Crippen LogP contribution is -2.60. The molecule has 0 aliphatic heterocycles. The highest BCUT2D eigenvalue weighted by Gasteiger charge is 2.66. The Morgan fingerprint density at radius 2 is 1.82 bits per heavy atom. The number of Topliss-reactive ketones (excluding diaryl/α,β-unsaturated/α-hetero) is 2. The van der Waals surface area contributed by atoms with E-state index in [1.54, 1.807) is 0 Å². The third-order valence-electron chi connectivity index (χ3n) is 10.4. The lowest BCUT2D eigenvalue weighted by Gasteiger charge is -2.59. The van der Waals surface area contributed by atoms with Crippen LogP contribution in [-0.2, 0) is 28.7 Å². The zero-order chi connectivity index (χ0) is 24.1. The van der Waals surface area contributed by atoms with Crippen molar-refractivity contribution in [3.05, 3.63) is 0 Å². The Bertz CT molecular complexity index is 834. The van der Waals surface area contributed by atoms with Gasteiger partial charge in [0.15, 0.2) is 0 Å². The summed E-state index contributed by atoms with van der Waals surface area (Å²) in [6.07, 6.45) is 6.30. The summed E-state index contributed by atoms with van der Waals surface area (Å²) in [6, 6.07) is 0. The van der Waals surface area contributed by atoms with Gasteiger partial charge < -0.3 is 9.47 Å². The van der Waals surface area contributed by atoms with Gasteiger partial charge >= 0.3 is 11.9 Å². The van der Waals surface area contributed by atoms with Gasteiger partial charge in [-0.05, 0) is 73.5 Å². The summed E-state index contributed by atoms with van der Waals surface area (Å²) in [5, 5.41) is 0. The highest BCUT2D eigenvalue weighted by molar-refractivity contribution is 5.92. The lowest BCUT2D eigenvalue weighted by molar-refractivity contribution is -0.172. The van der Waals surface area contributed by atoms with Crippen LogP contribution in [0.15, 0.2) is 0 Å². The molecule has 0 aromatic heterocycles. The fourth-order valence-corrected chi connectivity index (χ4v) is 8.55. The summed E-state index contributed by atoms with van der Waals surface area (Å²) in [6.45, 7) is 7.99. The van der Waals surface area contributed by atoms with E-state index in [9.17, 15) is 19.2 Å². The second-order valence-electron chi connectivity index (χ2n) is 11.8. The van der Waals surface area contributed by atoms with Crippen molar-refractivity contribution in [1.29, 1.82) is 0 Å². The Hall–Kier alpha value is -1.72. The molecule has 0 N–H and O–H groups in total. The van der Waals surface area contributed by atoms with E-state index >= 15 is 0 Å². The zero-order valence-corrected chi connectivity index (χ0v) is 20.9. The second-order valence-corrected chi connectivity index (χ2v) is 11.8. The molecule has 4 aliphatic rings. The van der Waals surface area contributed by atoms with Crippen LogP contribution in [0.1, 0.15) is 85.5 Å². The van der Waals surface area contributed by atoms with E-state index in [1.807, 2.05) is 0 Å². The molecule has 0 aromatic carbocycles. The number of ketones is 2. The largest absolute Gasteiger partial charge is 0.469 e. The molecular weight excluding hydrogens is 420 g/mol. The van der Waals surface area contributed by atoms with Crippen molar-refractivity contribution in [1.82, 2.24) is 0 Å². The van der Waals surface area contributed by atoms with E-state index in [0.717, 1.165) is 32.1 Å². The van der Waals surface area contributed by atoms with Crippen LogP contribution < -0.4 is 0 Å². The fraction of sp³-hybridized carbons (Fsp3) is 0.852. The first kappa shape index (κ1) is 24.4. The van der Waals surface area contributed by atoms with Crippen LogP contribution in [-0.4, -0.2) is 36.7 Å². The quantitative estimate of drug-likeness (QED) is 0.561. The van der Waals surface area contributed by atoms with Gasteiger partial charge in [-0.2, -0.15) is 0 Å². The number of hydrogen-bond donors (Lipinski definition) is 0. The van der Waals surface area contributed by atoms with E-state index < -0.39 is 5.41 Å². The molecule has 0 aromatic rings. The Morgan fingerprint density at radius 1 is 1.09 bits per heavy atom. The Kier molecular flexibility index (Phi) is 6.52. The molecule has 0 saturated heterocycles. The number of esters is 2. The van der Waals surface area contributed by atoms with E-state index in [4.69, 9.17) is 9.47 Å². The van der Waals surface area contributed by atoms with Crippen molar-refractivity contribution in [2.75, 3.05) is 7.11 Å². The van der Waals surface area contributed by atoms with Gasteiger partial charge in [0, 0.05) is 37.5 Å². The van der Waals surface area contributed by atoms with Crippen molar-refractivity contribution in [3.8, 4) is 0 Å². The van der Waals surface area contributed by atoms with Crippen molar-refractivity contribution in [2.24, 2.45) is 46.3 Å². The maximum absolute atomic E-state index is 13.8. The average Bonchev–Trinajstić information content (AvgIpc) is 3.11. The van der Waals surface area contributed by atoms with Crippen molar-refractivity contribution in [3.63, 3.8) is 0 Å². The van der Waals surface area contributed by atoms with Crippen molar-refractivity contribution >= 4 is 23.5 Å². The van der Waals surface area contributed by atoms with E-state index in [0.29, 0.717) is 37.2 Å². The Morgan fingerprint density at radius 3 is 2.48 bits per heavy atom. The highest BCUT2D eigenvalue weighted by atomic mass is 16.5. The predicted octanol–water partition coefficient (Wildman–Crippen LogP) is 4.52. The predicted molar refractivity (Wildman–Crippen MR) is 122 cm³/mol. The SMILES string of the molecule is COC(=O)CC[C@@H](C)[C@@H]1CC[C@@H]2[C@@H]3C(=O)C[C@@H]4C[C@H](OC(C)=O)CC[C@]4(C)[C@H]3CC(=O)[C@]21C. The molecule has 0 spiro atoms. The Labute approximate surface area is 197 Å². The third-order valence-corrected chi connectivity index (χ3v) is 10.4. The standard InChI is InChI=1S/C27H40O6/c1-15(6-9-24(31)32-5)19-7-8-20-25-21(14-23(30)27(19,20)4)26(3)11-10-18(33-16(2)28)12-17(26)13-22(25)29/h15,17-21,25H,6-14H2,1-5H3/t15-,17+,18-,19+,20-,21+,25+,26+,27+/m1/s1. The van der Waals surface area contributed by atoms with Gasteiger partial charge in [0.1, 0.15) is 17.7 Å². The van der Waals surface area contributed by atoms with Gasteiger partial charge in [0.2, 0.25) is 0 Å². The van der Waals surface area contributed by atoms with Crippen LogP contribution in [0.4, 0.5) is 0 Å². The van der Waals surface area contributed by atoms with Gasteiger partial charge in [-0.1, -0.05) is 20.8 Å². The molecule has 0 unspecified atom stereocenters. The maximum Gasteiger partial charge on any atom is 0.305 e. The van der Waals surface area contributed by atoms with Crippen molar-refractivity contribution < 1.29 is 28.7 Å². The minimum Gasteiger partial charge on any atom is -0.469 e. The summed E-state index contributed by atoms with van der Waals surface area (Å²) in [4.78, 5) is 50.6. The van der Waals surface area contributed by atoms with Crippen LogP contribution in [0.3, 0.4) is 0 Å². The van der Waals surface area contributed by atoms with Crippen LogP contribution in [0.5, 0.6) is 0 Å². The summed E-state index contributed by atoms with van der Waals surface area (Å²) < 4.78 is 10.3. The number of hydrogen-bond acceptors (Lipinski definition) is 6. The summed E-state index contributed by atoms with van der Waals surface area (Å²) >= 11 is 0. The number of carbonyl (C=O) groups excluding carboxylic acids is 4. The lowest BCUT2D eigenvalue weighted by atomic mass is 9.43. The summed E-state index contributed by atoms with van der Waals surface area (Å²) in [5.41, 5.74) is -0.536. The van der Waals surface area contributed by atoms with Gasteiger partial charge in [-0.15, -0.1) is 0 Å². The molecule has 0 heterocycles. The maximum atomic E-state index is 13.8. The van der Waals surface area contributed by atoms with Crippen molar-refractivity contribution in [2.45, 2.75) is 91.6 Å². The molecule has 0 bridgehead atoms. The second kappa shape index (κ2) is 8.81. The van der Waals surface area contributed by atoms with Crippen LogP contribution >= 0.6 is 0 Å². The molecule has 0 amide bonds. The minimum absolute atomic E-state index is 0.0444. The summed E-state index contributed by atoms with van der Waals surface area (Å²) in [5.74, 6) is 0.945. The van der Waals surface area contributed by atoms with Gasteiger partial charge in [0.25, 0.3) is 0 Å². The molecule has 9 atom stereocenters. The highest BCUT2D eigenvalue weighted by Crippen LogP contribution is 2.66. The smallest absolute Gasteiger partial charge is 0.305 e. The normalized spacial score (nSPS) is 43.2. The number of fused-ring (bicyclic) bond motifs is 5. The van der Waals surface area contributed by atoms with Crippen LogP contribution in [0.25, 0.3) is 0 Å². The third kappa shape index (κ3) is 3.95. The monoisotopic (exact) mass is 460 g/mol. The fourth-order valence-electron chi connectivity index (χ4n) is 8.55. The van der Waals surface area contributed by atoms with E-state index in [-0.39, 0.29) is 59.0 Å². The molecule has 184 valence electrons. The van der Waals surface area contributed by atoms with E-state index in [1.165, 1.54) is 14.0 Å². The molecule has 6 heteroatoms. The Balaban J connectivity index is 1.56. The molecular formula is C27H40O6. The number of carbonyl (C=O) groups is 4. The molecule has 4 fully saturated rings. The molecule has 33 heavy (non-hydrogen) atoms. The first-order valence-corrected chi connectivity index (χ1v) is 12.8. The number of ether oxygens (including phenoxy) is 2. The molecule has 4 aliphatic carbocycles. The number of rotatable bonds is 5. The van der Waals surface area contributed by atoms with Gasteiger partial charge in [0.05, 0.1) is 7.11 Å². The first-order valence-electron chi connectivity index (χ1n) is 12.8. The topological polar surface area (TPSA) is 86.7 Å². The molecule has 4 rings (SSSR count). The van der Waals surface area contributed by atoms with E-state index in [2.05, 4.69) is 20.8 Å². The molecule has 0 radical (unpaired) electrons. The molecule has 4 saturated carbocycles. The number of methoxy groups -OCH3 is 1.